The van der Waals surface area contributed by atoms with Gasteiger partial charge in [-0.05, 0) is 25.8 Å². The molecular weight excluding hydrogens is 258 g/mol. The molecule has 2 aromatic rings. The number of carbonyl (C=O) groups excluding carboxylic acids is 1. The molecule has 1 saturated heterocycles. The zero-order valence-corrected chi connectivity index (χ0v) is 11.8. The number of aromatic nitrogens is 2. The highest BCUT2D eigenvalue weighted by Gasteiger charge is 2.15. The van der Waals surface area contributed by atoms with Crippen LogP contribution in [-0.4, -0.2) is 27.8 Å². The fraction of sp³-hybridized carbons (Fsp3) is 0.571. The van der Waals surface area contributed by atoms with Crippen LogP contribution in [0, 0.1) is 0 Å². The Morgan fingerprint density at radius 2 is 2.47 bits per heavy atom. The van der Waals surface area contributed by atoms with Gasteiger partial charge in [-0.2, -0.15) is 0 Å². The average molecular weight is 277 g/mol. The summed E-state index contributed by atoms with van der Waals surface area (Å²) in [6, 6.07) is 0.545. The van der Waals surface area contributed by atoms with Crippen molar-refractivity contribution in [2.75, 3.05) is 6.54 Å². The molecule has 4 nitrogen and oxygen atoms in total. The van der Waals surface area contributed by atoms with E-state index < -0.39 is 0 Å². The number of hydrogen-bond donors (Lipinski definition) is 1. The zero-order chi connectivity index (χ0) is 13.1. The first kappa shape index (κ1) is 12.8. The Morgan fingerprint density at radius 1 is 1.53 bits per heavy atom. The predicted octanol–water partition coefficient (Wildman–Crippen LogP) is 2.43. The normalized spacial score (nSPS) is 19.9. The monoisotopic (exact) mass is 277 g/mol. The molecule has 1 unspecified atom stereocenters. The number of rotatable bonds is 5. The molecule has 1 atom stereocenters. The summed E-state index contributed by atoms with van der Waals surface area (Å²) >= 11 is 1.60. The van der Waals surface area contributed by atoms with E-state index in [1.165, 1.54) is 19.3 Å². The van der Waals surface area contributed by atoms with Gasteiger partial charge < -0.3 is 5.32 Å². The molecule has 1 fully saturated rings. The molecule has 3 heterocycles. The van der Waals surface area contributed by atoms with Gasteiger partial charge in [0.15, 0.2) is 4.96 Å². The number of ketones is 1. The molecule has 1 aliphatic rings. The van der Waals surface area contributed by atoms with Crippen LogP contribution in [0.5, 0.6) is 0 Å². The highest BCUT2D eigenvalue weighted by Crippen LogP contribution is 2.14. The first-order valence-electron chi connectivity index (χ1n) is 6.97. The van der Waals surface area contributed by atoms with Gasteiger partial charge in [0.2, 0.25) is 0 Å². The van der Waals surface area contributed by atoms with Crippen LogP contribution in [0.2, 0.25) is 0 Å². The number of imidazole rings is 1. The molecule has 0 spiro atoms. The zero-order valence-electron chi connectivity index (χ0n) is 11.0. The van der Waals surface area contributed by atoms with Gasteiger partial charge in [-0.15, -0.1) is 11.3 Å². The molecule has 3 rings (SSSR count). The second-order valence-electron chi connectivity index (χ2n) is 5.23. The summed E-state index contributed by atoms with van der Waals surface area (Å²) < 4.78 is 1.98. The second kappa shape index (κ2) is 5.84. The number of nitrogens with one attached hydrogen (secondary N) is 1. The number of fused-ring (bicyclic) bond motifs is 1. The maximum absolute atomic E-state index is 12.0. The van der Waals surface area contributed by atoms with E-state index in [1.807, 2.05) is 22.2 Å². The smallest absolute Gasteiger partial charge is 0.193 e. The fourth-order valence-corrected chi connectivity index (χ4v) is 3.38. The van der Waals surface area contributed by atoms with E-state index in [2.05, 4.69) is 10.3 Å². The molecule has 0 amide bonds. The number of hydrogen-bond acceptors (Lipinski definition) is 4. The van der Waals surface area contributed by atoms with Crippen LogP contribution in [0.25, 0.3) is 4.96 Å². The van der Waals surface area contributed by atoms with Gasteiger partial charge in [-0.1, -0.05) is 6.42 Å². The molecule has 0 bridgehead atoms. The standard InChI is InChI=1S/C14H19N3OS/c18-13(5-4-11-3-1-2-6-15-11)9-12-10-17-7-8-19-14(17)16-12/h7-8,10-11,15H,1-6,9H2. The average Bonchev–Trinajstić information content (AvgIpc) is 2.98. The number of Topliss-reactive ketones (excluding diaryl/α,β-unsaturated/α-hetero) is 1. The molecule has 1 N–H and O–H groups in total. The molecular formula is C14H19N3OS. The van der Waals surface area contributed by atoms with Crippen LogP contribution in [-0.2, 0) is 11.2 Å². The lowest BCUT2D eigenvalue weighted by Crippen LogP contribution is -2.34. The maximum atomic E-state index is 12.0. The van der Waals surface area contributed by atoms with Gasteiger partial charge in [-0.25, -0.2) is 4.98 Å². The number of carbonyl (C=O) groups is 1. The fourth-order valence-electron chi connectivity index (χ4n) is 2.66. The van der Waals surface area contributed by atoms with Crippen molar-refractivity contribution >= 4 is 22.1 Å². The Labute approximate surface area is 116 Å². The minimum Gasteiger partial charge on any atom is -0.314 e. The van der Waals surface area contributed by atoms with Gasteiger partial charge in [0.25, 0.3) is 0 Å². The highest BCUT2D eigenvalue weighted by molar-refractivity contribution is 7.15. The van der Waals surface area contributed by atoms with Crippen molar-refractivity contribution in [3.63, 3.8) is 0 Å². The first-order valence-corrected chi connectivity index (χ1v) is 7.85. The summed E-state index contributed by atoms with van der Waals surface area (Å²) in [5.74, 6) is 0.304. The SMILES string of the molecule is O=C(CCC1CCCCN1)Cc1cn2ccsc2n1. The lowest BCUT2D eigenvalue weighted by molar-refractivity contribution is -0.118. The quantitative estimate of drug-likeness (QED) is 0.913. The van der Waals surface area contributed by atoms with Gasteiger partial charge in [-0.3, -0.25) is 9.20 Å². The molecule has 0 saturated carbocycles. The summed E-state index contributed by atoms with van der Waals surface area (Å²) in [4.78, 5) is 17.4. The Balaban J connectivity index is 1.49. The van der Waals surface area contributed by atoms with Crippen LogP contribution in [0.1, 0.15) is 37.8 Å². The molecule has 0 aromatic carbocycles. The Morgan fingerprint density at radius 3 is 3.26 bits per heavy atom. The molecule has 0 aliphatic carbocycles. The van der Waals surface area contributed by atoms with Crippen molar-refractivity contribution in [3.8, 4) is 0 Å². The van der Waals surface area contributed by atoms with Crippen molar-refractivity contribution < 1.29 is 4.79 Å². The van der Waals surface area contributed by atoms with E-state index in [9.17, 15) is 4.79 Å². The molecule has 0 radical (unpaired) electrons. The van der Waals surface area contributed by atoms with Gasteiger partial charge in [0, 0.05) is 30.2 Å². The maximum Gasteiger partial charge on any atom is 0.193 e. The lowest BCUT2D eigenvalue weighted by atomic mass is 9.98. The summed E-state index contributed by atoms with van der Waals surface area (Å²) in [6.07, 6.45) is 9.84. The van der Waals surface area contributed by atoms with Gasteiger partial charge in [0.05, 0.1) is 12.1 Å². The van der Waals surface area contributed by atoms with Gasteiger partial charge >= 0.3 is 0 Å². The summed E-state index contributed by atoms with van der Waals surface area (Å²) in [5.41, 5.74) is 0.897. The van der Waals surface area contributed by atoms with E-state index in [0.717, 1.165) is 23.6 Å². The third-order valence-corrected chi connectivity index (χ3v) is 4.48. The lowest BCUT2D eigenvalue weighted by Gasteiger charge is -2.22. The Hall–Kier alpha value is -1.20. The van der Waals surface area contributed by atoms with E-state index in [4.69, 9.17) is 0 Å². The molecule has 102 valence electrons. The minimum atomic E-state index is 0.304. The van der Waals surface area contributed by atoms with Crippen molar-refractivity contribution in [3.05, 3.63) is 23.5 Å². The van der Waals surface area contributed by atoms with Crippen molar-refractivity contribution in [1.29, 1.82) is 0 Å². The van der Waals surface area contributed by atoms with Crippen LogP contribution >= 0.6 is 11.3 Å². The van der Waals surface area contributed by atoms with Gasteiger partial charge in [0.1, 0.15) is 5.78 Å². The van der Waals surface area contributed by atoms with E-state index in [0.29, 0.717) is 24.7 Å². The minimum absolute atomic E-state index is 0.304. The van der Waals surface area contributed by atoms with Crippen molar-refractivity contribution in [2.45, 2.75) is 44.6 Å². The van der Waals surface area contributed by atoms with Crippen LogP contribution in [0.3, 0.4) is 0 Å². The predicted molar refractivity (Wildman–Crippen MR) is 76.7 cm³/mol. The van der Waals surface area contributed by atoms with Crippen molar-refractivity contribution in [1.82, 2.24) is 14.7 Å². The molecule has 19 heavy (non-hydrogen) atoms. The largest absolute Gasteiger partial charge is 0.314 e. The third-order valence-electron chi connectivity index (χ3n) is 3.71. The highest BCUT2D eigenvalue weighted by atomic mass is 32.1. The third kappa shape index (κ3) is 3.22. The molecule has 5 heteroatoms. The van der Waals surface area contributed by atoms with E-state index in [-0.39, 0.29) is 0 Å². The molecule has 2 aromatic heterocycles. The van der Waals surface area contributed by atoms with Crippen LogP contribution < -0.4 is 5.32 Å². The number of nitrogens with zero attached hydrogens (tertiary/aromatic N) is 2. The Bertz CT molecular complexity index is 525. The number of piperidine rings is 1. The molecule has 1 aliphatic heterocycles. The summed E-state index contributed by atoms with van der Waals surface area (Å²) in [5, 5.41) is 5.49. The van der Waals surface area contributed by atoms with E-state index in [1.54, 1.807) is 11.3 Å². The van der Waals surface area contributed by atoms with Crippen LogP contribution in [0.15, 0.2) is 17.8 Å². The topological polar surface area (TPSA) is 46.4 Å². The Kier molecular flexibility index (Phi) is 3.94. The summed E-state index contributed by atoms with van der Waals surface area (Å²) in [6.45, 7) is 1.11. The number of thiazole rings is 1. The first-order chi connectivity index (χ1) is 9.31. The van der Waals surface area contributed by atoms with Crippen molar-refractivity contribution in [2.24, 2.45) is 0 Å². The second-order valence-corrected chi connectivity index (χ2v) is 6.10. The summed E-state index contributed by atoms with van der Waals surface area (Å²) in [7, 11) is 0. The van der Waals surface area contributed by atoms with Crippen LogP contribution in [0.4, 0.5) is 0 Å². The van der Waals surface area contributed by atoms with E-state index >= 15 is 0 Å².